The summed E-state index contributed by atoms with van der Waals surface area (Å²) in [5.74, 6) is 0. The van der Waals surface area contributed by atoms with Gasteiger partial charge < -0.3 is 10.2 Å². The molecule has 1 aromatic rings. The minimum absolute atomic E-state index is 0.258. The minimum Gasteiger partial charge on any atom is -0.371 e. The molecule has 0 atom stereocenters. The van der Waals surface area contributed by atoms with Crippen LogP contribution in [0.1, 0.15) is 26.7 Å². The van der Waals surface area contributed by atoms with E-state index in [4.69, 9.17) is 0 Å². The van der Waals surface area contributed by atoms with E-state index in [-0.39, 0.29) is 5.54 Å². The molecule has 1 aliphatic heterocycles. The summed E-state index contributed by atoms with van der Waals surface area (Å²) in [6, 6.07) is 8.65. The maximum atomic E-state index is 3.61. The van der Waals surface area contributed by atoms with Gasteiger partial charge in [-0.3, -0.25) is 0 Å². The number of benzene rings is 1. The number of anilines is 1. The Labute approximate surface area is 113 Å². The number of hydrogen-bond donors (Lipinski definition) is 1. The maximum Gasteiger partial charge on any atom is 0.0366 e. The summed E-state index contributed by atoms with van der Waals surface area (Å²) in [5, 5.41) is 3.61. The monoisotopic (exact) mass is 296 g/mol. The molecule has 0 aromatic heterocycles. The minimum atomic E-state index is 0.258. The van der Waals surface area contributed by atoms with Crippen molar-refractivity contribution < 1.29 is 0 Å². The van der Waals surface area contributed by atoms with Gasteiger partial charge in [0.2, 0.25) is 0 Å². The van der Waals surface area contributed by atoms with Crippen molar-refractivity contribution in [2.75, 3.05) is 24.5 Å². The summed E-state index contributed by atoms with van der Waals surface area (Å²) in [4.78, 5) is 2.50. The highest BCUT2D eigenvalue weighted by atomic mass is 79.9. The summed E-state index contributed by atoms with van der Waals surface area (Å²) < 4.78 is 1.15. The van der Waals surface area contributed by atoms with Gasteiger partial charge in [0.15, 0.2) is 0 Å². The van der Waals surface area contributed by atoms with Crippen LogP contribution >= 0.6 is 15.9 Å². The van der Waals surface area contributed by atoms with Crippen LogP contribution in [0.15, 0.2) is 28.7 Å². The smallest absolute Gasteiger partial charge is 0.0366 e. The molecule has 0 bridgehead atoms. The van der Waals surface area contributed by atoms with E-state index < -0.39 is 0 Å². The third-order valence-electron chi connectivity index (χ3n) is 3.41. The summed E-state index contributed by atoms with van der Waals surface area (Å²) >= 11 is 3.49. The van der Waals surface area contributed by atoms with Crippen LogP contribution in [0.4, 0.5) is 5.69 Å². The Morgan fingerprint density at radius 1 is 1.18 bits per heavy atom. The van der Waals surface area contributed by atoms with E-state index in [9.17, 15) is 0 Å². The molecule has 0 saturated carbocycles. The van der Waals surface area contributed by atoms with Crippen LogP contribution in [0.5, 0.6) is 0 Å². The van der Waals surface area contributed by atoms with Crippen LogP contribution in [-0.2, 0) is 0 Å². The third kappa shape index (κ3) is 3.71. The molecule has 17 heavy (non-hydrogen) atoms. The van der Waals surface area contributed by atoms with E-state index in [1.807, 2.05) is 0 Å². The lowest BCUT2D eigenvalue weighted by Crippen LogP contribution is -2.46. The van der Waals surface area contributed by atoms with Crippen LogP contribution in [0.3, 0.4) is 0 Å². The van der Waals surface area contributed by atoms with Crippen molar-refractivity contribution in [2.45, 2.75) is 32.2 Å². The molecular formula is C14H21BrN2. The van der Waals surface area contributed by atoms with Crippen molar-refractivity contribution in [3.8, 4) is 0 Å². The van der Waals surface area contributed by atoms with Crippen molar-refractivity contribution >= 4 is 21.6 Å². The fraction of sp³-hybridized carbons (Fsp3) is 0.571. The Kier molecular flexibility index (Phi) is 4.10. The molecule has 1 aliphatic rings. The molecule has 1 heterocycles. The normalized spacial score (nSPS) is 20.8. The van der Waals surface area contributed by atoms with Gasteiger partial charge in [0, 0.05) is 28.8 Å². The fourth-order valence-corrected chi connectivity index (χ4v) is 2.49. The Morgan fingerprint density at radius 2 is 1.88 bits per heavy atom. The number of nitrogens with zero attached hydrogens (tertiary/aromatic N) is 1. The van der Waals surface area contributed by atoms with Gasteiger partial charge in [-0.1, -0.05) is 15.9 Å². The molecule has 2 rings (SSSR count). The molecule has 0 amide bonds. The second-order valence-corrected chi connectivity index (χ2v) is 6.29. The topological polar surface area (TPSA) is 15.3 Å². The highest BCUT2D eigenvalue weighted by Crippen LogP contribution is 2.21. The molecular weight excluding hydrogens is 276 g/mol. The quantitative estimate of drug-likeness (QED) is 0.854. The molecule has 1 aromatic carbocycles. The SMILES string of the molecule is CC1(C)CCN(c2ccc(Br)cc2)CCCN1. The number of hydrogen-bond acceptors (Lipinski definition) is 2. The average Bonchev–Trinajstić information content (AvgIpc) is 2.27. The van der Waals surface area contributed by atoms with Crippen LogP contribution < -0.4 is 10.2 Å². The van der Waals surface area contributed by atoms with Crippen molar-refractivity contribution in [3.63, 3.8) is 0 Å². The standard InChI is InChI=1S/C14H21BrN2/c1-14(2)8-11-17(10-3-9-16-14)13-6-4-12(15)5-7-13/h4-7,16H,3,8-11H2,1-2H3. The lowest BCUT2D eigenvalue weighted by atomic mass is 9.98. The summed E-state index contributed by atoms with van der Waals surface area (Å²) in [7, 11) is 0. The maximum absolute atomic E-state index is 3.61. The molecule has 94 valence electrons. The summed E-state index contributed by atoms with van der Waals surface area (Å²) in [6.45, 7) is 7.96. The predicted molar refractivity (Wildman–Crippen MR) is 77.7 cm³/mol. The second kappa shape index (κ2) is 5.40. The van der Waals surface area contributed by atoms with Gasteiger partial charge in [0.05, 0.1) is 0 Å². The van der Waals surface area contributed by atoms with E-state index in [0.29, 0.717) is 0 Å². The Hall–Kier alpha value is -0.540. The highest BCUT2D eigenvalue weighted by molar-refractivity contribution is 9.10. The number of halogens is 1. The van der Waals surface area contributed by atoms with Gasteiger partial charge in [-0.05, 0) is 57.5 Å². The van der Waals surface area contributed by atoms with E-state index >= 15 is 0 Å². The Balaban J connectivity index is 2.07. The van der Waals surface area contributed by atoms with Gasteiger partial charge in [0.25, 0.3) is 0 Å². The third-order valence-corrected chi connectivity index (χ3v) is 3.94. The lowest BCUT2D eigenvalue weighted by Gasteiger charge is -2.35. The zero-order valence-electron chi connectivity index (χ0n) is 10.7. The Morgan fingerprint density at radius 3 is 2.59 bits per heavy atom. The van der Waals surface area contributed by atoms with Crippen molar-refractivity contribution in [1.82, 2.24) is 5.32 Å². The first-order valence-electron chi connectivity index (χ1n) is 6.32. The first-order chi connectivity index (χ1) is 8.07. The molecule has 1 saturated heterocycles. The Bertz CT molecular complexity index is 359. The molecule has 1 N–H and O–H groups in total. The van der Waals surface area contributed by atoms with Crippen LogP contribution in [-0.4, -0.2) is 25.2 Å². The van der Waals surface area contributed by atoms with Gasteiger partial charge >= 0.3 is 0 Å². The first-order valence-corrected chi connectivity index (χ1v) is 7.12. The lowest BCUT2D eigenvalue weighted by molar-refractivity contribution is 0.347. The first kappa shape index (κ1) is 12.9. The van der Waals surface area contributed by atoms with Gasteiger partial charge in [-0.15, -0.1) is 0 Å². The van der Waals surface area contributed by atoms with E-state index in [1.54, 1.807) is 0 Å². The number of nitrogens with one attached hydrogen (secondary N) is 1. The molecule has 3 heteroatoms. The van der Waals surface area contributed by atoms with Crippen LogP contribution in [0.2, 0.25) is 0 Å². The van der Waals surface area contributed by atoms with Gasteiger partial charge in [-0.25, -0.2) is 0 Å². The fourth-order valence-electron chi connectivity index (χ4n) is 2.22. The molecule has 0 spiro atoms. The second-order valence-electron chi connectivity index (χ2n) is 5.38. The van der Waals surface area contributed by atoms with Crippen LogP contribution in [0.25, 0.3) is 0 Å². The molecule has 1 fully saturated rings. The average molecular weight is 297 g/mol. The van der Waals surface area contributed by atoms with Crippen molar-refractivity contribution in [1.29, 1.82) is 0 Å². The van der Waals surface area contributed by atoms with E-state index in [1.165, 1.54) is 18.5 Å². The largest absolute Gasteiger partial charge is 0.371 e. The summed E-state index contributed by atoms with van der Waals surface area (Å²) in [5.41, 5.74) is 1.60. The molecule has 0 radical (unpaired) electrons. The zero-order chi connectivity index (χ0) is 12.3. The molecule has 0 unspecified atom stereocenters. The van der Waals surface area contributed by atoms with Crippen LogP contribution in [0, 0.1) is 0 Å². The molecule has 2 nitrogen and oxygen atoms in total. The van der Waals surface area contributed by atoms with Crippen molar-refractivity contribution in [3.05, 3.63) is 28.7 Å². The van der Waals surface area contributed by atoms with Crippen molar-refractivity contribution in [2.24, 2.45) is 0 Å². The zero-order valence-corrected chi connectivity index (χ0v) is 12.3. The molecule has 0 aliphatic carbocycles. The summed E-state index contributed by atoms with van der Waals surface area (Å²) in [6.07, 6.45) is 2.39. The van der Waals surface area contributed by atoms with Gasteiger partial charge in [-0.2, -0.15) is 0 Å². The van der Waals surface area contributed by atoms with Gasteiger partial charge in [0.1, 0.15) is 0 Å². The highest BCUT2D eigenvalue weighted by Gasteiger charge is 2.20. The predicted octanol–water partition coefficient (Wildman–Crippen LogP) is 3.42. The number of rotatable bonds is 1. The van der Waals surface area contributed by atoms with E-state index in [2.05, 4.69) is 64.3 Å². The van der Waals surface area contributed by atoms with E-state index in [0.717, 1.165) is 24.1 Å².